The van der Waals surface area contributed by atoms with Gasteiger partial charge in [-0.05, 0) is 119 Å². The molecule has 0 aliphatic heterocycles. The van der Waals surface area contributed by atoms with Gasteiger partial charge in [0.15, 0.2) is 17.5 Å². The maximum atomic E-state index is 10.5. The van der Waals surface area contributed by atoms with Crippen molar-refractivity contribution in [1.82, 2.24) is 15.0 Å². The minimum Gasteiger partial charge on any atom is -0.208 e. The standard InChI is InChI=1S/C62H38N4/c63-39-50-33-32-46(44-18-12-22-49(35-44)62-65-60(42-16-5-2-6-17-42)64-61(66-62)43-30-28-41(29-31-43)40-14-3-1-4-15-40)37-57(50)53-24-8-7-23-52(53)47-20-11-19-45(34-47)51-36-48-21-13-27-56-54-25-9-10-26-55(54)58(38-51)59(48)56/h1-38H. The van der Waals surface area contributed by atoms with E-state index < -0.39 is 0 Å². The molecule has 0 fully saturated rings. The van der Waals surface area contributed by atoms with Crippen molar-refractivity contribution in [2.75, 3.05) is 0 Å². The van der Waals surface area contributed by atoms with Crippen molar-refractivity contribution in [1.29, 1.82) is 5.26 Å². The van der Waals surface area contributed by atoms with E-state index in [-0.39, 0.29) is 0 Å². The van der Waals surface area contributed by atoms with Gasteiger partial charge in [0.25, 0.3) is 0 Å². The highest BCUT2D eigenvalue weighted by Gasteiger charge is 2.22. The maximum absolute atomic E-state index is 10.5. The molecule has 0 saturated heterocycles. The van der Waals surface area contributed by atoms with Gasteiger partial charge >= 0.3 is 0 Å². The Morgan fingerprint density at radius 2 is 0.682 bits per heavy atom. The summed E-state index contributed by atoms with van der Waals surface area (Å²) in [6, 6.07) is 82.8. The van der Waals surface area contributed by atoms with Gasteiger partial charge in [0, 0.05) is 22.3 Å². The summed E-state index contributed by atoms with van der Waals surface area (Å²) >= 11 is 0. The molecule has 10 aromatic carbocycles. The molecule has 0 amide bonds. The van der Waals surface area contributed by atoms with Gasteiger partial charge < -0.3 is 0 Å². The third-order valence-electron chi connectivity index (χ3n) is 12.7. The van der Waals surface area contributed by atoms with Crippen LogP contribution in [-0.2, 0) is 0 Å². The lowest BCUT2D eigenvalue weighted by Gasteiger charge is -2.15. The Morgan fingerprint density at radius 3 is 1.38 bits per heavy atom. The number of hydrogen-bond donors (Lipinski definition) is 0. The van der Waals surface area contributed by atoms with Crippen LogP contribution >= 0.6 is 0 Å². The molecule has 1 heterocycles. The first kappa shape index (κ1) is 38.6. The van der Waals surface area contributed by atoms with Crippen LogP contribution < -0.4 is 0 Å². The quantitative estimate of drug-likeness (QED) is 0.153. The maximum Gasteiger partial charge on any atom is 0.164 e. The first-order chi connectivity index (χ1) is 32.6. The van der Waals surface area contributed by atoms with Crippen LogP contribution in [-0.4, -0.2) is 15.0 Å². The van der Waals surface area contributed by atoms with Gasteiger partial charge in [-0.25, -0.2) is 15.0 Å². The van der Waals surface area contributed by atoms with Gasteiger partial charge in [-0.15, -0.1) is 0 Å². The molecule has 0 radical (unpaired) electrons. The van der Waals surface area contributed by atoms with E-state index in [4.69, 9.17) is 15.0 Å². The second kappa shape index (κ2) is 16.3. The lowest BCUT2D eigenvalue weighted by molar-refractivity contribution is 1.07. The van der Waals surface area contributed by atoms with Crippen LogP contribution in [0.2, 0.25) is 0 Å². The number of aromatic nitrogens is 3. The average Bonchev–Trinajstić information content (AvgIpc) is 3.73. The fourth-order valence-corrected chi connectivity index (χ4v) is 9.50. The Kier molecular flexibility index (Phi) is 9.51. The summed E-state index contributed by atoms with van der Waals surface area (Å²) < 4.78 is 0. The molecule has 66 heavy (non-hydrogen) atoms. The third-order valence-corrected chi connectivity index (χ3v) is 12.7. The SMILES string of the molecule is N#Cc1ccc(-c2cccc(-c3nc(-c4ccccc4)nc(-c4ccc(-c5ccccc5)cc4)n3)c2)cc1-c1ccccc1-c1cccc(-c2cc3c4c(cccc4c2)-c2ccccc2-3)c1. The van der Waals surface area contributed by atoms with E-state index in [1.165, 1.54) is 38.6 Å². The van der Waals surface area contributed by atoms with Gasteiger partial charge in [-0.1, -0.05) is 194 Å². The van der Waals surface area contributed by atoms with E-state index >= 15 is 0 Å². The molecule has 1 aliphatic rings. The number of rotatable bonds is 8. The van der Waals surface area contributed by atoms with Gasteiger partial charge in [0.2, 0.25) is 0 Å². The van der Waals surface area contributed by atoms with Crippen LogP contribution in [0.25, 0.3) is 123 Å². The van der Waals surface area contributed by atoms with Crippen molar-refractivity contribution < 1.29 is 0 Å². The lowest BCUT2D eigenvalue weighted by atomic mass is 9.88. The van der Waals surface area contributed by atoms with Gasteiger partial charge in [0.1, 0.15) is 0 Å². The second-order valence-corrected chi connectivity index (χ2v) is 16.7. The molecular formula is C62H38N4. The van der Waals surface area contributed by atoms with E-state index in [0.717, 1.165) is 66.8 Å². The predicted octanol–water partition coefficient (Wildman–Crippen LogP) is 15.9. The Hall–Kier alpha value is -9.04. The van der Waals surface area contributed by atoms with Crippen molar-refractivity contribution in [3.63, 3.8) is 0 Å². The highest BCUT2D eigenvalue weighted by atomic mass is 15.0. The molecule has 1 aliphatic carbocycles. The van der Waals surface area contributed by atoms with Crippen LogP contribution in [0.4, 0.5) is 0 Å². The number of nitrogens with zero attached hydrogens (tertiary/aromatic N) is 4. The molecule has 4 heteroatoms. The molecule has 12 rings (SSSR count). The predicted molar refractivity (Wildman–Crippen MR) is 270 cm³/mol. The molecule has 11 aromatic rings. The van der Waals surface area contributed by atoms with Crippen molar-refractivity contribution >= 4 is 10.8 Å². The summed E-state index contributed by atoms with van der Waals surface area (Å²) in [5.41, 5.74) is 19.0. The average molecular weight is 839 g/mol. The van der Waals surface area contributed by atoms with E-state index in [1.807, 2.05) is 60.7 Å². The minimum absolute atomic E-state index is 0.580. The number of nitriles is 1. The van der Waals surface area contributed by atoms with Crippen molar-refractivity contribution in [3.05, 3.63) is 236 Å². The smallest absolute Gasteiger partial charge is 0.164 e. The van der Waals surface area contributed by atoms with Crippen molar-refractivity contribution in [2.24, 2.45) is 0 Å². The molecule has 0 bridgehead atoms. The van der Waals surface area contributed by atoms with E-state index in [0.29, 0.717) is 23.0 Å². The number of benzene rings is 10. The summed E-state index contributed by atoms with van der Waals surface area (Å²) in [5, 5.41) is 13.1. The van der Waals surface area contributed by atoms with Crippen LogP contribution in [0, 0.1) is 11.3 Å². The fraction of sp³-hybridized carbons (Fsp3) is 0. The Labute approximate surface area is 383 Å². The number of fused-ring (bicyclic) bond motifs is 3. The van der Waals surface area contributed by atoms with Crippen LogP contribution in [0.3, 0.4) is 0 Å². The molecule has 0 atom stereocenters. The molecule has 1 aromatic heterocycles. The summed E-state index contributed by atoms with van der Waals surface area (Å²) in [6.45, 7) is 0. The summed E-state index contributed by atoms with van der Waals surface area (Å²) in [4.78, 5) is 15.1. The fourth-order valence-electron chi connectivity index (χ4n) is 9.50. The highest BCUT2D eigenvalue weighted by Crippen LogP contribution is 2.49. The van der Waals surface area contributed by atoms with Gasteiger partial charge in [-0.2, -0.15) is 5.26 Å². The third kappa shape index (κ3) is 6.93. The molecular weight excluding hydrogens is 801 g/mol. The first-order valence-electron chi connectivity index (χ1n) is 22.1. The molecule has 0 spiro atoms. The molecule has 0 saturated carbocycles. The van der Waals surface area contributed by atoms with E-state index in [2.05, 4.69) is 176 Å². The van der Waals surface area contributed by atoms with Gasteiger partial charge in [-0.3, -0.25) is 0 Å². The Balaban J connectivity index is 0.915. The Morgan fingerprint density at radius 1 is 0.258 bits per heavy atom. The second-order valence-electron chi connectivity index (χ2n) is 16.7. The van der Waals surface area contributed by atoms with Gasteiger partial charge in [0.05, 0.1) is 11.6 Å². The zero-order valence-electron chi connectivity index (χ0n) is 35.7. The summed E-state index contributed by atoms with van der Waals surface area (Å²) in [5.74, 6) is 1.79. The number of hydrogen-bond acceptors (Lipinski definition) is 4. The van der Waals surface area contributed by atoms with Crippen molar-refractivity contribution in [2.45, 2.75) is 0 Å². The molecule has 0 unspecified atom stereocenters. The minimum atomic E-state index is 0.580. The zero-order chi connectivity index (χ0) is 44.0. The topological polar surface area (TPSA) is 62.5 Å². The van der Waals surface area contributed by atoms with E-state index in [9.17, 15) is 5.26 Å². The lowest BCUT2D eigenvalue weighted by Crippen LogP contribution is -2.00. The largest absolute Gasteiger partial charge is 0.208 e. The van der Waals surface area contributed by atoms with Crippen molar-refractivity contribution in [3.8, 4) is 118 Å². The van der Waals surface area contributed by atoms with Crippen LogP contribution in [0.15, 0.2) is 231 Å². The first-order valence-corrected chi connectivity index (χ1v) is 22.1. The highest BCUT2D eigenvalue weighted by molar-refractivity contribution is 6.16. The summed E-state index contributed by atoms with van der Waals surface area (Å²) in [6.07, 6.45) is 0. The summed E-state index contributed by atoms with van der Waals surface area (Å²) in [7, 11) is 0. The van der Waals surface area contributed by atoms with Crippen LogP contribution in [0.5, 0.6) is 0 Å². The molecule has 306 valence electrons. The Bertz CT molecular complexity index is 3700. The van der Waals surface area contributed by atoms with Crippen LogP contribution in [0.1, 0.15) is 5.56 Å². The normalized spacial score (nSPS) is 11.3. The van der Waals surface area contributed by atoms with E-state index in [1.54, 1.807) is 0 Å². The zero-order valence-corrected chi connectivity index (χ0v) is 35.7. The monoisotopic (exact) mass is 838 g/mol. The molecule has 4 nitrogen and oxygen atoms in total. The molecule has 0 N–H and O–H groups in total.